The van der Waals surface area contributed by atoms with Crippen LogP contribution in [0.1, 0.15) is 27.3 Å². The first kappa shape index (κ1) is 15.2. The Morgan fingerprint density at radius 3 is 2.64 bits per heavy atom. The molecule has 0 bridgehead atoms. The van der Waals surface area contributed by atoms with Crippen LogP contribution in [0.5, 0.6) is 0 Å². The number of carbonyl (C=O) groups excluding carboxylic acids is 1. The number of nitro benzene ring substituents is 1. The quantitative estimate of drug-likeness (QED) is 0.688. The number of hydrogen-bond donors (Lipinski definition) is 1. The topological polar surface area (TPSA) is 114 Å². The van der Waals surface area contributed by atoms with Crippen molar-refractivity contribution in [1.82, 2.24) is 9.78 Å². The third kappa shape index (κ3) is 2.64. The molecule has 1 amide bonds. The van der Waals surface area contributed by atoms with E-state index in [2.05, 4.69) is 10.4 Å². The minimum Gasteiger partial charge on any atom is -0.321 e. The van der Waals surface area contributed by atoms with Gasteiger partial charge in [-0.25, -0.2) is 0 Å². The maximum absolute atomic E-state index is 12.3. The van der Waals surface area contributed by atoms with Crippen LogP contribution in [0.2, 0.25) is 0 Å². The zero-order valence-corrected chi connectivity index (χ0v) is 12.2. The van der Waals surface area contributed by atoms with E-state index in [0.29, 0.717) is 17.0 Å². The van der Waals surface area contributed by atoms with Crippen molar-refractivity contribution < 1.29 is 9.72 Å². The SMILES string of the molecule is Cc1nn(C)c(C)c1C(=O)Nc1ccc([N+](=O)[O-])cc1C#N. The number of aromatic nitrogens is 2. The van der Waals surface area contributed by atoms with E-state index in [-0.39, 0.29) is 16.9 Å². The summed E-state index contributed by atoms with van der Waals surface area (Å²) in [6.07, 6.45) is 0. The normalized spacial score (nSPS) is 10.1. The van der Waals surface area contributed by atoms with E-state index in [4.69, 9.17) is 5.26 Å². The molecule has 0 atom stereocenters. The van der Waals surface area contributed by atoms with Gasteiger partial charge in [0.2, 0.25) is 0 Å². The van der Waals surface area contributed by atoms with Gasteiger partial charge in [0.15, 0.2) is 0 Å². The largest absolute Gasteiger partial charge is 0.321 e. The van der Waals surface area contributed by atoms with E-state index in [1.807, 2.05) is 6.07 Å². The molecule has 1 aromatic heterocycles. The van der Waals surface area contributed by atoms with Gasteiger partial charge in [-0.3, -0.25) is 19.6 Å². The number of hydrogen-bond acceptors (Lipinski definition) is 5. The van der Waals surface area contributed by atoms with E-state index in [1.54, 1.807) is 25.6 Å². The fourth-order valence-corrected chi connectivity index (χ4v) is 2.13. The first-order valence-electron chi connectivity index (χ1n) is 6.35. The smallest absolute Gasteiger partial charge is 0.270 e. The Labute approximate surface area is 126 Å². The molecule has 1 N–H and O–H groups in total. The van der Waals surface area contributed by atoms with Gasteiger partial charge in [0, 0.05) is 24.9 Å². The minimum absolute atomic E-state index is 0.0294. The lowest BCUT2D eigenvalue weighted by Gasteiger charge is -2.07. The summed E-state index contributed by atoms with van der Waals surface area (Å²) in [5.41, 5.74) is 1.73. The summed E-state index contributed by atoms with van der Waals surface area (Å²) in [7, 11) is 1.73. The average Bonchev–Trinajstić information content (AvgIpc) is 2.72. The van der Waals surface area contributed by atoms with Gasteiger partial charge >= 0.3 is 0 Å². The summed E-state index contributed by atoms with van der Waals surface area (Å²) in [5, 5.41) is 26.6. The number of nitrogens with one attached hydrogen (secondary N) is 1. The van der Waals surface area contributed by atoms with Gasteiger partial charge in [0.05, 0.1) is 27.4 Å². The number of carbonyl (C=O) groups is 1. The van der Waals surface area contributed by atoms with E-state index in [1.165, 1.54) is 12.1 Å². The monoisotopic (exact) mass is 299 g/mol. The second-order valence-electron chi connectivity index (χ2n) is 4.72. The number of aryl methyl sites for hydroxylation is 2. The molecule has 1 heterocycles. The maximum Gasteiger partial charge on any atom is 0.270 e. The Morgan fingerprint density at radius 1 is 1.45 bits per heavy atom. The van der Waals surface area contributed by atoms with Crippen LogP contribution in [-0.2, 0) is 7.05 Å². The van der Waals surface area contributed by atoms with Gasteiger partial charge in [0.1, 0.15) is 6.07 Å². The third-order valence-electron chi connectivity index (χ3n) is 3.32. The minimum atomic E-state index is -0.595. The van der Waals surface area contributed by atoms with Crippen LogP contribution >= 0.6 is 0 Å². The number of anilines is 1. The van der Waals surface area contributed by atoms with Gasteiger partial charge < -0.3 is 5.32 Å². The zero-order chi connectivity index (χ0) is 16.4. The summed E-state index contributed by atoms with van der Waals surface area (Å²) in [6.45, 7) is 3.47. The van der Waals surface area contributed by atoms with Crippen molar-refractivity contribution >= 4 is 17.3 Å². The van der Waals surface area contributed by atoms with E-state index in [0.717, 1.165) is 6.07 Å². The van der Waals surface area contributed by atoms with Crippen LogP contribution in [0, 0.1) is 35.3 Å². The van der Waals surface area contributed by atoms with Crippen molar-refractivity contribution in [3.05, 3.63) is 50.8 Å². The second kappa shape index (κ2) is 5.65. The lowest BCUT2D eigenvalue weighted by molar-refractivity contribution is -0.384. The van der Waals surface area contributed by atoms with E-state index >= 15 is 0 Å². The Hall–Kier alpha value is -3.21. The van der Waals surface area contributed by atoms with Crippen LogP contribution in [0.25, 0.3) is 0 Å². The lowest BCUT2D eigenvalue weighted by Crippen LogP contribution is -2.15. The number of nitro groups is 1. The summed E-state index contributed by atoms with van der Waals surface area (Å²) in [5.74, 6) is -0.409. The third-order valence-corrected chi connectivity index (χ3v) is 3.32. The summed E-state index contributed by atoms with van der Waals surface area (Å²) in [6, 6.07) is 5.54. The molecule has 8 nitrogen and oxygen atoms in total. The van der Waals surface area contributed by atoms with Crippen molar-refractivity contribution in [2.45, 2.75) is 13.8 Å². The van der Waals surface area contributed by atoms with Gasteiger partial charge in [-0.1, -0.05) is 0 Å². The summed E-state index contributed by atoms with van der Waals surface area (Å²) < 4.78 is 1.59. The predicted octanol–water partition coefficient (Wildman–Crippen LogP) is 2.07. The Balaban J connectivity index is 2.37. The molecule has 0 radical (unpaired) electrons. The van der Waals surface area contributed by atoms with Gasteiger partial charge in [-0.05, 0) is 19.9 Å². The van der Waals surface area contributed by atoms with Crippen molar-refractivity contribution in [3.8, 4) is 6.07 Å². The summed E-state index contributed by atoms with van der Waals surface area (Å²) in [4.78, 5) is 22.5. The lowest BCUT2D eigenvalue weighted by atomic mass is 10.1. The molecule has 2 rings (SSSR count). The molecule has 112 valence electrons. The molecule has 2 aromatic rings. The van der Waals surface area contributed by atoms with E-state index in [9.17, 15) is 14.9 Å². The molecule has 22 heavy (non-hydrogen) atoms. The number of amides is 1. The number of nitriles is 1. The molecule has 0 saturated carbocycles. The number of benzene rings is 1. The molecule has 1 aromatic carbocycles. The van der Waals surface area contributed by atoms with Crippen LogP contribution in [0.4, 0.5) is 11.4 Å². The van der Waals surface area contributed by atoms with Gasteiger partial charge in [0.25, 0.3) is 11.6 Å². The Morgan fingerprint density at radius 2 is 2.14 bits per heavy atom. The van der Waals surface area contributed by atoms with Crippen molar-refractivity contribution in [3.63, 3.8) is 0 Å². The van der Waals surface area contributed by atoms with E-state index < -0.39 is 10.8 Å². The molecule has 0 aliphatic rings. The highest BCUT2D eigenvalue weighted by atomic mass is 16.6. The number of non-ortho nitro benzene ring substituents is 1. The first-order valence-corrected chi connectivity index (χ1v) is 6.35. The Kier molecular flexibility index (Phi) is 3.90. The molecule has 0 saturated heterocycles. The number of rotatable bonds is 3. The molecule has 0 fully saturated rings. The van der Waals surface area contributed by atoms with Crippen molar-refractivity contribution in [1.29, 1.82) is 5.26 Å². The highest BCUT2D eigenvalue weighted by molar-refractivity contribution is 6.06. The van der Waals surface area contributed by atoms with Crippen LogP contribution < -0.4 is 5.32 Å². The zero-order valence-electron chi connectivity index (χ0n) is 12.2. The molecular formula is C14H13N5O3. The molecule has 0 aliphatic carbocycles. The standard InChI is InChI=1S/C14H13N5O3/c1-8-13(9(2)18(3)17-8)14(20)16-12-5-4-11(19(21)22)6-10(12)7-15/h4-6H,1-3H3,(H,16,20). The first-order chi connectivity index (χ1) is 10.3. The Bertz CT molecular complexity index is 817. The van der Waals surface area contributed by atoms with Gasteiger partial charge in [-0.2, -0.15) is 10.4 Å². The molecular weight excluding hydrogens is 286 g/mol. The van der Waals surface area contributed by atoms with Crippen LogP contribution in [-0.4, -0.2) is 20.6 Å². The average molecular weight is 299 g/mol. The van der Waals surface area contributed by atoms with Crippen LogP contribution in [0.15, 0.2) is 18.2 Å². The molecule has 0 unspecified atom stereocenters. The highest BCUT2D eigenvalue weighted by Gasteiger charge is 2.19. The molecule has 8 heteroatoms. The van der Waals surface area contributed by atoms with Crippen LogP contribution in [0.3, 0.4) is 0 Å². The molecule has 0 spiro atoms. The fourth-order valence-electron chi connectivity index (χ4n) is 2.13. The summed E-state index contributed by atoms with van der Waals surface area (Å²) >= 11 is 0. The fraction of sp³-hybridized carbons (Fsp3) is 0.214. The highest BCUT2D eigenvalue weighted by Crippen LogP contribution is 2.23. The second-order valence-corrected chi connectivity index (χ2v) is 4.72. The van der Waals surface area contributed by atoms with Crippen molar-refractivity contribution in [2.75, 3.05) is 5.32 Å². The van der Waals surface area contributed by atoms with Gasteiger partial charge in [-0.15, -0.1) is 0 Å². The molecule has 0 aliphatic heterocycles. The van der Waals surface area contributed by atoms with Crippen molar-refractivity contribution in [2.24, 2.45) is 7.05 Å². The maximum atomic E-state index is 12.3. The predicted molar refractivity (Wildman–Crippen MR) is 78.4 cm³/mol. The number of nitrogens with zero attached hydrogens (tertiary/aromatic N) is 4.